The lowest BCUT2D eigenvalue weighted by atomic mass is 10.0. The molecule has 0 fully saturated rings. The number of carbonyl (C=O) groups excluding carboxylic acids is 2. The Bertz CT molecular complexity index is 1030. The number of hydrogen-bond acceptors (Lipinski definition) is 3. The normalized spacial score (nSPS) is 13.4. The van der Waals surface area contributed by atoms with Crippen molar-refractivity contribution >= 4 is 17.6 Å². The molecule has 0 saturated heterocycles. The van der Waals surface area contributed by atoms with E-state index in [2.05, 4.69) is 10.6 Å². The molecule has 158 valence electrons. The van der Waals surface area contributed by atoms with Gasteiger partial charge in [0.25, 0.3) is 5.91 Å². The molecule has 0 aliphatic carbocycles. The lowest BCUT2D eigenvalue weighted by Crippen LogP contribution is -2.30. The van der Waals surface area contributed by atoms with Gasteiger partial charge >= 0.3 is 6.03 Å². The van der Waals surface area contributed by atoms with Crippen LogP contribution in [0.4, 0.5) is 10.5 Å². The summed E-state index contributed by atoms with van der Waals surface area (Å²) >= 11 is 0. The van der Waals surface area contributed by atoms with Crippen LogP contribution >= 0.6 is 0 Å². The van der Waals surface area contributed by atoms with E-state index in [-0.39, 0.29) is 24.6 Å². The third-order valence-electron chi connectivity index (χ3n) is 5.45. The minimum atomic E-state index is -0.269. The Labute approximate surface area is 181 Å². The van der Waals surface area contributed by atoms with Crippen LogP contribution in [-0.2, 0) is 13.1 Å². The number of rotatable bonds is 6. The average Bonchev–Trinajstić information content (AvgIpc) is 3.24. The highest BCUT2D eigenvalue weighted by Gasteiger charge is 2.23. The molecule has 0 unspecified atom stereocenters. The van der Waals surface area contributed by atoms with Crippen LogP contribution in [0.15, 0.2) is 78.9 Å². The van der Waals surface area contributed by atoms with Gasteiger partial charge in [-0.1, -0.05) is 54.6 Å². The van der Waals surface area contributed by atoms with Crippen LogP contribution in [0.3, 0.4) is 0 Å². The molecule has 1 aliphatic rings. The molecule has 3 aromatic rings. The molecule has 1 heterocycles. The van der Waals surface area contributed by atoms with E-state index in [4.69, 9.17) is 0 Å². The molecule has 3 amide bonds. The minimum Gasteiger partial charge on any atom is -0.396 e. The van der Waals surface area contributed by atoms with Gasteiger partial charge in [-0.05, 0) is 47.4 Å². The zero-order chi connectivity index (χ0) is 21.6. The van der Waals surface area contributed by atoms with E-state index in [0.717, 1.165) is 5.56 Å². The Kier molecular flexibility index (Phi) is 6.29. The van der Waals surface area contributed by atoms with Crippen molar-refractivity contribution in [1.82, 2.24) is 10.2 Å². The van der Waals surface area contributed by atoms with Gasteiger partial charge in [-0.25, -0.2) is 4.79 Å². The van der Waals surface area contributed by atoms with Gasteiger partial charge in [-0.3, -0.25) is 4.79 Å². The smallest absolute Gasteiger partial charge is 0.322 e. The largest absolute Gasteiger partial charge is 0.396 e. The fraction of sp³-hybridized carbons (Fsp3) is 0.200. The van der Waals surface area contributed by atoms with Crippen LogP contribution in [0.25, 0.3) is 0 Å². The zero-order valence-corrected chi connectivity index (χ0v) is 17.1. The highest BCUT2D eigenvalue weighted by molar-refractivity contribution is 5.95. The topological polar surface area (TPSA) is 81.7 Å². The summed E-state index contributed by atoms with van der Waals surface area (Å²) in [6.07, 6.45) is 0.433. The number of amides is 3. The van der Waals surface area contributed by atoms with E-state index >= 15 is 0 Å². The predicted octanol–water partition coefficient (Wildman–Crippen LogP) is 4.09. The van der Waals surface area contributed by atoms with Crippen molar-refractivity contribution < 1.29 is 14.7 Å². The quantitative estimate of drug-likeness (QED) is 0.567. The molecular formula is C25H25N3O3. The molecule has 1 atom stereocenters. The van der Waals surface area contributed by atoms with Crippen molar-refractivity contribution in [3.8, 4) is 0 Å². The summed E-state index contributed by atoms with van der Waals surface area (Å²) in [6.45, 7) is 1.16. The lowest BCUT2D eigenvalue weighted by molar-refractivity contribution is 0.0930. The first-order valence-corrected chi connectivity index (χ1v) is 10.3. The molecule has 3 aromatic carbocycles. The van der Waals surface area contributed by atoms with E-state index in [1.54, 1.807) is 29.2 Å². The first-order chi connectivity index (χ1) is 15.1. The Morgan fingerprint density at radius 2 is 1.48 bits per heavy atom. The van der Waals surface area contributed by atoms with E-state index in [9.17, 15) is 14.7 Å². The molecular weight excluding hydrogens is 390 g/mol. The highest BCUT2D eigenvalue weighted by Crippen LogP contribution is 2.23. The van der Waals surface area contributed by atoms with Gasteiger partial charge < -0.3 is 20.6 Å². The van der Waals surface area contributed by atoms with Gasteiger partial charge in [0.15, 0.2) is 0 Å². The summed E-state index contributed by atoms with van der Waals surface area (Å²) in [5, 5.41) is 15.2. The van der Waals surface area contributed by atoms with Crippen LogP contribution in [0.2, 0.25) is 0 Å². The number of anilines is 1. The van der Waals surface area contributed by atoms with Crippen LogP contribution in [0.5, 0.6) is 0 Å². The van der Waals surface area contributed by atoms with Crippen molar-refractivity contribution in [2.75, 3.05) is 11.9 Å². The Morgan fingerprint density at radius 1 is 0.871 bits per heavy atom. The average molecular weight is 415 g/mol. The van der Waals surface area contributed by atoms with Crippen molar-refractivity contribution in [3.05, 3.63) is 101 Å². The molecule has 31 heavy (non-hydrogen) atoms. The van der Waals surface area contributed by atoms with E-state index in [1.807, 2.05) is 54.6 Å². The van der Waals surface area contributed by atoms with Gasteiger partial charge in [-0.2, -0.15) is 0 Å². The van der Waals surface area contributed by atoms with Gasteiger partial charge in [0.1, 0.15) is 0 Å². The number of fused-ring (bicyclic) bond motifs is 1. The van der Waals surface area contributed by atoms with Crippen LogP contribution in [-0.4, -0.2) is 28.6 Å². The minimum absolute atomic E-state index is 0.0226. The number of carbonyl (C=O) groups is 2. The maximum atomic E-state index is 12.7. The molecule has 0 aromatic heterocycles. The molecule has 0 spiro atoms. The number of benzene rings is 3. The highest BCUT2D eigenvalue weighted by atomic mass is 16.3. The molecule has 6 heteroatoms. The second-order valence-corrected chi connectivity index (χ2v) is 7.58. The van der Waals surface area contributed by atoms with Crippen molar-refractivity contribution in [1.29, 1.82) is 0 Å². The second-order valence-electron chi connectivity index (χ2n) is 7.58. The summed E-state index contributed by atoms with van der Waals surface area (Å²) in [4.78, 5) is 27.0. The van der Waals surface area contributed by atoms with Gasteiger partial charge in [0.05, 0.1) is 6.04 Å². The summed E-state index contributed by atoms with van der Waals surface area (Å²) < 4.78 is 0. The van der Waals surface area contributed by atoms with E-state index in [0.29, 0.717) is 30.8 Å². The maximum Gasteiger partial charge on any atom is 0.322 e. The molecule has 6 nitrogen and oxygen atoms in total. The zero-order valence-electron chi connectivity index (χ0n) is 17.1. The Hall–Kier alpha value is -3.64. The molecule has 3 N–H and O–H groups in total. The van der Waals surface area contributed by atoms with Crippen molar-refractivity contribution in [3.63, 3.8) is 0 Å². The number of hydrogen-bond donors (Lipinski definition) is 3. The first-order valence-electron chi connectivity index (χ1n) is 10.3. The fourth-order valence-corrected chi connectivity index (χ4v) is 3.76. The lowest BCUT2D eigenvalue weighted by Gasteiger charge is -2.19. The van der Waals surface area contributed by atoms with Gasteiger partial charge in [0.2, 0.25) is 0 Å². The number of nitrogens with one attached hydrogen (secondary N) is 2. The Balaban J connectivity index is 1.36. The molecule has 0 bridgehead atoms. The number of aliphatic hydroxyl groups excluding tert-OH is 1. The van der Waals surface area contributed by atoms with Crippen LogP contribution < -0.4 is 10.6 Å². The predicted molar refractivity (Wildman–Crippen MR) is 120 cm³/mol. The summed E-state index contributed by atoms with van der Waals surface area (Å²) in [5.74, 6) is -0.227. The van der Waals surface area contributed by atoms with Crippen molar-refractivity contribution in [2.45, 2.75) is 25.6 Å². The summed E-state index contributed by atoms with van der Waals surface area (Å²) in [7, 11) is 0. The fourth-order valence-electron chi connectivity index (χ4n) is 3.76. The van der Waals surface area contributed by atoms with E-state index < -0.39 is 0 Å². The number of nitrogens with zero attached hydrogens (tertiary/aromatic N) is 1. The monoisotopic (exact) mass is 415 g/mol. The van der Waals surface area contributed by atoms with Crippen LogP contribution in [0, 0.1) is 0 Å². The SMILES string of the molecule is O=C(N[C@H](CCO)c1ccccc1)c1ccc(NC(=O)N2Cc3ccccc3C2)cc1. The molecule has 0 radical (unpaired) electrons. The number of urea groups is 1. The first kappa shape index (κ1) is 20.6. The second kappa shape index (κ2) is 9.45. The number of aliphatic hydroxyl groups is 1. The Morgan fingerprint density at radius 3 is 2.10 bits per heavy atom. The maximum absolute atomic E-state index is 12.7. The third kappa shape index (κ3) is 4.92. The third-order valence-corrected chi connectivity index (χ3v) is 5.45. The summed E-state index contributed by atoms with van der Waals surface area (Å²) in [5.41, 5.74) is 4.40. The van der Waals surface area contributed by atoms with Gasteiger partial charge in [0, 0.05) is 30.9 Å². The van der Waals surface area contributed by atoms with E-state index in [1.165, 1.54) is 11.1 Å². The van der Waals surface area contributed by atoms with Crippen LogP contribution in [0.1, 0.15) is 39.5 Å². The molecule has 1 aliphatic heterocycles. The molecule has 4 rings (SSSR count). The standard InChI is InChI=1S/C25H25N3O3/c29-15-14-23(18-6-2-1-3-7-18)27-24(30)19-10-12-22(13-11-19)26-25(31)28-16-20-8-4-5-9-21(20)17-28/h1-13,23,29H,14-17H2,(H,26,31)(H,27,30)/t23-/m1/s1. The van der Waals surface area contributed by atoms with Crippen molar-refractivity contribution in [2.24, 2.45) is 0 Å². The van der Waals surface area contributed by atoms with Gasteiger partial charge in [-0.15, -0.1) is 0 Å². The molecule has 0 saturated carbocycles. The summed E-state index contributed by atoms with van der Waals surface area (Å²) in [6, 6.07) is 24.0.